The molecule has 0 saturated carbocycles. The molecular formula is C11H9F4N3. The summed E-state index contributed by atoms with van der Waals surface area (Å²) in [4.78, 5) is 0. The second-order valence-corrected chi connectivity index (χ2v) is 3.65. The van der Waals surface area contributed by atoms with E-state index < -0.39 is 17.6 Å². The summed E-state index contributed by atoms with van der Waals surface area (Å²) in [6.07, 6.45) is -1.39. The summed E-state index contributed by atoms with van der Waals surface area (Å²) in [6.45, 7) is 0.277. The molecule has 0 radical (unpaired) electrons. The largest absolute Gasteiger partial charge is 0.416 e. The number of benzene rings is 1. The van der Waals surface area contributed by atoms with Crippen molar-refractivity contribution in [2.45, 2.75) is 12.7 Å². The monoisotopic (exact) mass is 259 g/mol. The Labute approximate surface area is 99.8 Å². The summed E-state index contributed by atoms with van der Waals surface area (Å²) in [6, 6.07) is 2.37. The summed E-state index contributed by atoms with van der Waals surface area (Å²) >= 11 is 0. The number of hydrogen-bond acceptors (Lipinski definition) is 2. The average Bonchev–Trinajstić information content (AvgIpc) is 2.79. The molecule has 18 heavy (non-hydrogen) atoms. The Balaban J connectivity index is 2.10. The van der Waals surface area contributed by atoms with E-state index in [1.54, 1.807) is 6.20 Å². The first-order valence-corrected chi connectivity index (χ1v) is 5.05. The Morgan fingerprint density at radius 3 is 2.61 bits per heavy atom. The lowest BCUT2D eigenvalue weighted by molar-refractivity contribution is -0.137. The highest BCUT2D eigenvalue weighted by atomic mass is 19.4. The van der Waals surface area contributed by atoms with E-state index in [-0.39, 0.29) is 12.2 Å². The van der Waals surface area contributed by atoms with Gasteiger partial charge in [-0.25, -0.2) is 4.39 Å². The fourth-order valence-electron chi connectivity index (χ4n) is 1.41. The smallest absolute Gasteiger partial charge is 0.378 e. The van der Waals surface area contributed by atoms with Crippen LogP contribution < -0.4 is 5.32 Å². The van der Waals surface area contributed by atoms with Gasteiger partial charge in [0.15, 0.2) is 0 Å². The number of rotatable bonds is 3. The predicted molar refractivity (Wildman–Crippen MR) is 57.3 cm³/mol. The lowest BCUT2D eigenvalue weighted by atomic mass is 10.2. The molecule has 0 saturated heterocycles. The van der Waals surface area contributed by atoms with Gasteiger partial charge in [0.2, 0.25) is 0 Å². The third-order valence-electron chi connectivity index (χ3n) is 2.33. The Hall–Kier alpha value is -2.05. The lowest BCUT2D eigenvalue weighted by Gasteiger charge is -2.10. The minimum Gasteiger partial charge on any atom is -0.378 e. The SMILES string of the molecule is Fc1cc(C(F)(F)F)ccc1NCc1cn[nH]c1. The molecule has 0 amide bonds. The van der Waals surface area contributed by atoms with Crippen LogP contribution in [0.15, 0.2) is 30.6 Å². The van der Waals surface area contributed by atoms with Crippen LogP contribution in [0.3, 0.4) is 0 Å². The zero-order valence-corrected chi connectivity index (χ0v) is 9.05. The predicted octanol–water partition coefficient (Wildman–Crippen LogP) is 3.18. The Morgan fingerprint density at radius 1 is 1.28 bits per heavy atom. The number of halogens is 4. The van der Waals surface area contributed by atoms with Gasteiger partial charge in [0.05, 0.1) is 17.4 Å². The van der Waals surface area contributed by atoms with E-state index in [1.807, 2.05) is 0 Å². The molecule has 2 rings (SSSR count). The van der Waals surface area contributed by atoms with Crippen molar-refractivity contribution in [1.82, 2.24) is 10.2 Å². The molecule has 96 valence electrons. The highest BCUT2D eigenvalue weighted by Gasteiger charge is 2.31. The van der Waals surface area contributed by atoms with E-state index in [0.717, 1.165) is 17.7 Å². The Morgan fingerprint density at radius 2 is 2.06 bits per heavy atom. The summed E-state index contributed by atoms with van der Waals surface area (Å²) in [5.74, 6) is -0.937. The quantitative estimate of drug-likeness (QED) is 0.831. The van der Waals surface area contributed by atoms with Crippen LogP contribution in [0.1, 0.15) is 11.1 Å². The Kier molecular flexibility index (Phi) is 3.22. The van der Waals surface area contributed by atoms with Gasteiger partial charge < -0.3 is 5.32 Å². The van der Waals surface area contributed by atoms with Gasteiger partial charge >= 0.3 is 6.18 Å². The van der Waals surface area contributed by atoms with Gasteiger partial charge in [-0.05, 0) is 18.2 Å². The van der Waals surface area contributed by atoms with E-state index >= 15 is 0 Å². The van der Waals surface area contributed by atoms with Gasteiger partial charge in [0.25, 0.3) is 0 Å². The van der Waals surface area contributed by atoms with Crippen molar-refractivity contribution in [2.75, 3.05) is 5.32 Å². The number of anilines is 1. The van der Waals surface area contributed by atoms with Gasteiger partial charge in [0, 0.05) is 18.3 Å². The standard InChI is InChI=1S/C11H9F4N3/c12-9-3-8(11(13,14)15)1-2-10(9)16-4-7-5-17-18-6-7/h1-3,5-6,16H,4H2,(H,17,18). The van der Waals surface area contributed by atoms with Gasteiger partial charge in [0.1, 0.15) is 5.82 Å². The fraction of sp³-hybridized carbons (Fsp3) is 0.182. The number of aromatic amines is 1. The summed E-state index contributed by atoms with van der Waals surface area (Å²) < 4.78 is 50.4. The number of aromatic nitrogens is 2. The molecule has 0 aliphatic heterocycles. The lowest BCUT2D eigenvalue weighted by Crippen LogP contribution is -2.07. The highest BCUT2D eigenvalue weighted by Crippen LogP contribution is 2.31. The van der Waals surface area contributed by atoms with Crippen LogP contribution in [0.4, 0.5) is 23.2 Å². The van der Waals surface area contributed by atoms with Crippen molar-refractivity contribution < 1.29 is 17.6 Å². The number of nitrogens with one attached hydrogen (secondary N) is 2. The minimum atomic E-state index is -4.54. The molecule has 0 spiro atoms. The van der Waals surface area contributed by atoms with Crippen LogP contribution in [0, 0.1) is 5.82 Å². The van der Waals surface area contributed by atoms with Gasteiger partial charge in [-0.15, -0.1) is 0 Å². The molecule has 1 heterocycles. The zero-order valence-electron chi connectivity index (χ0n) is 9.05. The van der Waals surface area contributed by atoms with Crippen LogP contribution in [-0.2, 0) is 12.7 Å². The maximum absolute atomic E-state index is 13.4. The van der Waals surface area contributed by atoms with Gasteiger partial charge in [-0.1, -0.05) is 0 Å². The molecule has 3 nitrogen and oxygen atoms in total. The molecule has 0 atom stereocenters. The maximum Gasteiger partial charge on any atom is 0.416 e. The van der Waals surface area contributed by atoms with Crippen molar-refractivity contribution in [3.8, 4) is 0 Å². The van der Waals surface area contributed by atoms with Gasteiger partial charge in [-0.3, -0.25) is 5.10 Å². The third kappa shape index (κ3) is 2.79. The van der Waals surface area contributed by atoms with E-state index in [2.05, 4.69) is 15.5 Å². The average molecular weight is 259 g/mol. The second-order valence-electron chi connectivity index (χ2n) is 3.65. The highest BCUT2D eigenvalue weighted by molar-refractivity contribution is 5.47. The summed E-state index contributed by atoms with van der Waals surface area (Å²) in [7, 11) is 0. The van der Waals surface area contributed by atoms with Crippen LogP contribution in [0.5, 0.6) is 0 Å². The van der Waals surface area contributed by atoms with Crippen LogP contribution in [0.25, 0.3) is 0 Å². The van der Waals surface area contributed by atoms with Crippen molar-refractivity contribution in [3.63, 3.8) is 0 Å². The zero-order chi connectivity index (χ0) is 13.2. The Bertz CT molecular complexity index is 520. The van der Waals surface area contributed by atoms with Crippen molar-refractivity contribution in [2.24, 2.45) is 0 Å². The van der Waals surface area contributed by atoms with Crippen LogP contribution >= 0.6 is 0 Å². The fourth-order valence-corrected chi connectivity index (χ4v) is 1.41. The third-order valence-corrected chi connectivity index (χ3v) is 2.33. The van der Waals surface area contributed by atoms with E-state index in [1.165, 1.54) is 6.20 Å². The molecule has 7 heteroatoms. The first-order chi connectivity index (χ1) is 8.47. The van der Waals surface area contributed by atoms with Crippen molar-refractivity contribution in [3.05, 3.63) is 47.5 Å². The molecular weight excluding hydrogens is 250 g/mol. The van der Waals surface area contributed by atoms with Crippen molar-refractivity contribution in [1.29, 1.82) is 0 Å². The maximum atomic E-state index is 13.4. The van der Waals surface area contributed by atoms with E-state index in [4.69, 9.17) is 0 Å². The molecule has 1 aromatic carbocycles. The second kappa shape index (κ2) is 4.67. The first-order valence-electron chi connectivity index (χ1n) is 5.05. The van der Waals surface area contributed by atoms with Crippen molar-refractivity contribution >= 4 is 5.69 Å². The number of nitrogens with zero attached hydrogens (tertiary/aromatic N) is 1. The van der Waals surface area contributed by atoms with Crippen LogP contribution in [0.2, 0.25) is 0 Å². The first kappa shape index (κ1) is 12.4. The molecule has 0 aliphatic rings. The van der Waals surface area contributed by atoms with E-state index in [9.17, 15) is 17.6 Å². The molecule has 2 aromatic rings. The minimum absolute atomic E-state index is 0.0178. The normalized spacial score (nSPS) is 11.6. The topological polar surface area (TPSA) is 40.7 Å². The molecule has 0 fully saturated rings. The van der Waals surface area contributed by atoms with Gasteiger partial charge in [-0.2, -0.15) is 18.3 Å². The van der Waals surface area contributed by atoms with E-state index in [0.29, 0.717) is 6.07 Å². The number of alkyl halides is 3. The summed E-state index contributed by atoms with van der Waals surface area (Å²) in [5, 5.41) is 8.96. The molecule has 0 unspecified atom stereocenters. The number of H-pyrrole nitrogens is 1. The van der Waals surface area contributed by atoms with Crippen LogP contribution in [-0.4, -0.2) is 10.2 Å². The molecule has 2 N–H and O–H groups in total. The summed E-state index contributed by atoms with van der Waals surface area (Å²) in [5.41, 5.74) is -0.215. The molecule has 1 aromatic heterocycles. The molecule has 0 aliphatic carbocycles. The molecule has 0 bridgehead atoms. The number of hydrogen-bond donors (Lipinski definition) is 2.